The van der Waals surface area contributed by atoms with Gasteiger partial charge in [0, 0.05) is 40.0 Å². The van der Waals surface area contributed by atoms with Crippen molar-refractivity contribution in [1.29, 1.82) is 0 Å². The number of carbonyl (C=O) groups is 1. The van der Waals surface area contributed by atoms with E-state index in [1.165, 1.54) is 4.31 Å². The summed E-state index contributed by atoms with van der Waals surface area (Å²) in [5, 5.41) is 5.41. The molecule has 0 saturated carbocycles. The molecule has 1 fully saturated rings. The third kappa shape index (κ3) is 4.29. The van der Waals surface area contributed by atoms with Gasteiger partial charge in [-0.3, -0.25) is 14.1 Å². The van der Waals surface area contributed by atoms with Crippen molar-refractivity contribution in [1.82, 2.24) is 4.98 Å². The van der Waals surface area contributed by atoms with Crippen molar-refractivity contribution in [2.45, 2.75) is 6.42 Å². The number of hydrogen-bond acceptors (Lipinski definition) is 4. The number of aromatic nitrogens is 1. The molecule has 0 atom stereocenters. The van der Waals surface area contributed by atoms with E-state index in [0.717, 1.165) is 22.0 Å². The van der Waals surface area contributed by atoms with Crippen LogP contribution in [0.3, 0.4) is 0 Å². The largest absolute Gasteiger partial charge is 0.322 e. The lowest BCUT2D eigenvalue weighted by atomic mass is 10.0. The van der Waals surface area contributed by atoms with Gasteiger partial charge in [-0.15, -0.1) is 0 Å². The van der Waals surface area contributed by atoms with Crippen LogP contribution in [0.15, 0.2) is 79.0 Å². The molecule has 6 nitrogen and oxygen atoms in total. The fraction of sp³-hybridized carbons (Fsp3) is 0.120. The highest BCUT2D eigenvalue weighted by molar-refractivity contribution is 7.93. The Morgan fingerprint density at radius 3 is 2.55 bits per heavy atom. The Balaban J connectivity index is 1.41. The predicted octanol–water partition coefficient (Wildman–Crippen LogP) is 5.35. The van der Waals surface area contributed by atoms with Crippen LogP contribution < -0.4 is 9.62 Å². The van der Waals surface area contributed by atoms with E-state index in [0.29, 0.717) is 34.9 Å². The van der Waals surface area contributed by atoms with Gasteiger partial charge in [-0.25, -0.2) is 8.42 Å². The van der Waals surface area contributed by atoms with Crippen LogP contribution in [0.1, 0.15) is 16.8 Å². The van der Waals surface area contributed by atoms with Crippen LogP contribution in [-0.2, 0) is 10.0 Å². The van der Waals surface area contributed by atoms with Crippen molar-refractivity contribution < 1.29 is 13.2 Å². The molecule has 3 aromatic carbocycles. The maximum Gasteiger partial charge on any atom is 0.255 e. The smallest absolute Gasteiger partial charge is 0.255 e. The molecule has 0 radical (unpaired) electrons. The molecule has 0 spiro atoms. The van der Waals surface area contributed by atoms with Crippen molar-refractivity contribution in [3.63, 3.8) is 0 Å². The first-order valence-electron chi connectivity index (χ1n) is 10.5. The molecule has 1 aliphatic heterocycles. The molecule has 1 aliphatic rings. The first kappa shape index (κ1) is 21.4. The number of halogens is 1. The van der Waals surface area contributed by atoms with E-state index in [-0.39, 0.29) is 11.7 Å². The molecule has 0 bridgehead atoms. The summed E-state index contributed by atoms with van der Waals surface area (Å²) in [6.45, 7) is 0.460. The van der Waals surface area contributed by atoms with Crippen LogP contribution in [0.4, 0.5) is 11.4 Å². The number of anilines is 2. The average molecular weight is 478 g/mol. The lowest BCUT2D eigenvalue weighted by Gasteiger charge is -2.17. The van der Waals surface area contributed by atoms with Crippen molar-refractivity contribution in [3.8, 4) is 11.3 Å². The maximum absolute atomic E-state index is 12.8. The van der Waals surface area contributed by atoms with E-state index >= 15 is 0 Å². The molecular formula is C25H20ClN3O3S. The SMILES string of the molecule is O=C(Nc1cc(Cl)cc(-c2nccc3ccccc23)c1)c1ccc(N2CCCS2(=O)=O)cc1. The number of rotatable bonds is 4. The van der Waals surface area contributed by atoms with Crippen molar-refractivity contribution in [2.75, 3.05) is 21.9 Å². The van der Waals surface area contributed by atoms with Crippen molar-refractivity contribution >= 4 is 49.7 Å². The van der Waals surface area contributed by atoms with E-state index in [2.05, 4.69) is 10.3 Å². The molecule has 5 rings (SSSR count). The fourth-order valence-electron chi connectivity index (χ4n) is 4.06. The molecule has 33 heavy (non-hydrogen) atoms. The van der Waals surface area contributed by atoms with Gasteiger partial charge >= 0.3 is 0 Å². The number of nitrogens with one attached hydrogen (secondary N) is 1. The standard InChI is InChI=1S/C25H20ClN3O3S/c26-20-14-19(24-23-5-2-1-4-17(23)10-11-27-24)15-21(16-20)28-25(30)18-6-8-22(9-7-18)29-12-3-13-33(29,31)32/h1-2,4-11,14-16H,3,12-13H2,(H,28,30). The monoisotopic (exact) mass is 477 g/mol. The minimum atomic E-state index is -3.26. The minimum absolute atomic E-state index is 0.151. The molecule has 1 aromatic heterocycles. The molecule has 1 N–H and O–H groups in total. The Hall–Kier alpha value is -3.42. The number of carbonyl (C=O) groups excluding carboxylic acids is 1. The van der Waals surface area contributed by atoms with E-state index < -0.39 is 10.0 Å². The minimum Gasteiger partial charge on any atom is -0.322 e. The Labute approximate surface area is 196 Å². The lowest BCUT2D eigenvalue weighted by molar-refractivity contribution is 0.102. The number of nitrogens with zero attached hydrogens (tertiary/aromatic N) is 2. The van der Waals surface area contributed by atoms with E-state index in [9.17, 15) is 13.2 Å². The Morgan fingerprint density at radius 2 is 1.79 bits per heavy atom. The summed E-state index contributed by atoms with van der Waals surface area (Å²) in [5.41, 5.74) is 3.10. The molecule has 2 heterocycles. The summed E-state index contributed by atoms with van der Waals surface area (Å²) in [5.74, 6) is -0.164. The van der Waals surface area contributed by atoms with Gasteiger partial charge in [0.1, 0.15) is 0 Å². The zero-order chi connectivity index (χ0) is 23.0. The van der Waals surface area contributed by atoms with Crippen LogP contribution in [0.25, 0.3) is 22.0 Å². The van der Waals surface area contributed by atoms with Crippen LogP contribution in [-0.4, -0.2) is 31.6 Å². The molecule has 1 saturated heterocycles. The summed E-state index contributed by atoms with van der Waals surface area (Å²) in [7, 11) is -3.26. The second-order valence-corrected chi connectivity index (χ2v) is 10.3. The normalized spacial score (nSPS) is 15.0. The number of benzene rings is 3. The molecule has 0 unspecified atom stereocenters. The zero-order valence-corrected chi connectivity index (χ0v) is 19.1. The number of sulfonamides is 1. The number of amides is 1. The Bertz CT molecular complexity index is 1470. The van der Waals surface area contributed by atoms with Gasteiger partial charge in [-0.2, -0.15) is 0 Å². The second kappa shape index (κ2) is 8.50. The van der Waals surface area contributed by atoms with Gasteiger partial charge in [0.25, 0.3) is 5.91 Å². The number of fused-ring (bicyclic) bond motifs is 1. The van der Waals surface area contributed by atoms with Gasteiger partial charge in [0.05, 0.1) is 17.1 Å². The first-order chi connectivity index (χ1) is 15.9. The Kier molecular flexibility index (Phi) is 5.52. The summed E-state index contributed by atoms with van der Waals surface area (Å²) < 4.78 is 25.6. The van der Waals surface area contributed by atoms with Crippen LogP contribution in [0, 0.1) is 0 Å². The molecule has 0 aliphatic carbocycles. The second-order valence-electron chi connectivity index (χ2n) is 7.85. The summed E-state index contributed by atoms with van der Waals surface area (Å²) in [4.78, 5) is 17.4. The molecule has 1 amide bonds. The highest BCUT2D eigenvalue weighted by Crippen LogP contribution is 2.31. The first-order valence-corrected chi connectivity index (χ1v) is 12.5. The topological polar surface area (TPSA) is 79.4 Å². The average Bonchev–Trinajstić information content (AvgIpc) is 3.17. The molecule has 4 aromatic rings. The van der Waals surface area contributed by atoms with E-state index in [1.807, 2.05) is 42.5 Å². The quantitative estimate of drug-likeness (QED) is 0.430. The fourth-order valence-corrected chi connectivity index (χ4v) is 5.86. The highest BCUT2D eigenvalue weighted by atomic mass is 35.5. The lowest BCUT2D eigenvalue weighted by Crippen LogP contribution is -2.25. The van der Waals surface area contributed by atoms with Gasteiger partial charge in [-0.05, 0) is 60.3 Å². The summed E-state index contributed by atoms with van der Waals surface area (Å²) >= 11 is 6.36. The van der Waals surface area contributed by atoms with Gasteiger partial charge in [0.15, 0.2) is 0 Å². The summed E-state index contributed by atoms with van der Waals surface area (Å²) in [6.07, 6.45) is 2.35. The third-order valence-electron chi connectivity index (χ3n) is 5.62. The molecular weight excluding hydrogens is 458 g/mol. The predicted molar refractivity (Wildman–Crippen MR) is 132 cm³/mol. The zero-order valence-electron chi connectivity index (χ0n) is 17.5. The van der Waals surface area contributed by atoms with E-state index in [4.69, 9.17) is 11.6 Å². The number of pyridine rings is 1. The van der Waals surface area contributed by atoms with Crippen LogP contribution in [0.5, 0.6) is 0 Å². The number of hydrogen-bond donors (Lipinski definition) is 1. The van der Waals surface area contributed by atoms with Gasteiger partial charge in [0.2, 0.25) is 10.0 Å². The molecule has 8 heteroatoms. The van der Waals surface area contributed by atoms with Crippen molar-refractivity contribution in [2.24, 2.45) is 0 Å². The maximum atomic E-state index is 12.8. The highest BCUT2D eigenvalue weighted by Gasteiger charge is 2.28. The van der Waals surface area contributed by atoms with E-state index in [1.54, 1.807) is 36.5 Å². The summed E-state index contributed by atoms with van der Waals surface area (Å²) in [6, 6.07) is 21.8. The van der Waals surface area contributed by atoms with Crippen molar-refractivity contribution in [3.05, 3.63) is 89.6 Å². The van der Waals surface area contributed by atoms with Crippen LogP contribution in [0.2, 0.25) is 5.02 Å². The Morgan fingerprint density at radius 1 is 1.00 bits per heavy atom. The van der Waals surface area contributed by atoms with Crippen LogP contribution >= 0.6 is 11.6 Å². The van der Waals surface area contributed by atoms with Gasteiger partial charge in [-0.1, -0.05) is 35.9 Å². The van der Waals surface area contributed by atoms with Gasteiger partial charge < -0.3 is 5.32 Å². The molecule has 166 valence electrons. The third-order valence-corrected chi connectivity index (χ3v) is 7.71.